The van der Waals surface area contributed by atoms with Gasteiger partial charge >= 0.3 is 6.18 Å². The van der Waals surface area contributed by atoms with E-state index in [1.807, 2.05) is 30.3 Å². The van der Waals surface area contributed by atoms with E-state index in [9.17, 15) is 27.9 Å². The van der Waals surface area contributed by atoms with Gasteiger partial charge in [0.1, 0.15) is 5.75 Å². The Hall–Kier alpha value is -4.07. The van der Waals surface area contributed by atoms with Crippen LogP contribution in [0.1, 0.15) is 29.2 Å². The van der Waals surface area contributed by atoms with E-state index in [0.717, 1.165) is 22.6 Å². The molecule has 0 saturated carbocycles. The molecule has 3 aromatic carbocycles. The predicted molar refractivity (Wildman–Crippen MR) is 124 cm³/mol. The molecule has 0 aromatic heterocycles. The number of carbonyl (C=O) groups excluding carboxylic acids is 2. The summed E-state index contributed by atoms with van der Waals surface area (Å²) in [5, 5.41) is 10.7. The number of hydrogen-bond donors (Lipinski definition) is 1. The van der Waals surface area contributed by atoms with Crippen molar-refractivity contribution in [2.45, 2.75) is 25.1 Å². The van der Waals surface area contributed by atoms with E-state index in [0.29, 0.717) is 17.7 Å². The van der Waals surface area contributed by atoms with Crippen LogP contribution in [-0.4, -0.2) is 23.9 Å². The van der Waals surface area contributed by atoms with Crippen LogP contribution in [0, 0.1) is 0 Å². The summed E-state index contributed by atoms with van der Waals surface area (Å²) in [6, 6.07) is 18.9. The molecule has 4 rings (SSSR count). The Morgan fingerprint density at radius 2 is 1.69 bits per heavy atom. The van der Waals surface area contributed by atoms with Crippen LogP contribution in [0.3, 0.4) is 0 Å². The van der Waals surface area contributed by atoms with Crippen molar-refractivity contribution in [2.24, 2.45) is 0 Å². The Labute approximate surface area is 200 Å². The summed E-state index contributed by atoms with van der Waals surface area (Å²) >= 11 is 0. The SMILES string of the molecule is COc1ccc(C2C(C(=O)CCc3ccccc3)=C(O)C(=O)N2c2cccc(C(F)(F)F)c2)cc1. The lowest BCUT2D eigenvalue weighted by Crippen LogP contribution is -2.31. The lowest BCUT2D eigenvalue weighted by molar-refractivity contribution is -0.137. The number of rotatable bonds is 7. The number of hydrogen-bond acceptors (Lipinski definition) is 4. The molecular weight excluding hydrogens is 459 g/mol. The Bertz CT molecular complexity index is 1270. The molecule has 1 unspecified atom stereocenters. The molecule has 1 heterocycles. The molecule has 5 nitrogen and oxygen atoms in total. The highest BCUT2D eigenvalue weighted by molar-refractivity contribution is 6.16. The van der Waals surface area contributed by atoms with Gasteiger partial charge in [-0.15, -0.1) is 0 Å². The zero-order valence-corrected chi connectivity index (χ0v) is 18.8. The minimum Gasteiger partial charge on any atom is -0.503 e. The van der Waals surface area contributed by atoms with Gasteiger partial charge in [-0.1, -0.05) is 48.5 Å². The number of nitrogens with zero attached hydrogens (tertiary/aromatic N) is 1. The van der Waals surface area contributed by atoms with Gasteiger partial charge in [-0.2, -0.15) is 13.2 Å². The Morgan fingerprint density at radius 1 is 1.00 bits per heavy atom. The fraction of sp³-hybridized carbons (Fsp3) is 0.185. The molecule has 35 heavy (non-hydrogen) atoms. The maximum Gasteiger partial charge on any atom is 0.416 e. The number of ether oxygens (including phenoxy) is 1. The number of aliphatic hydroxyl groups excluding tert-OH is 1. The highest BCUT2D eigenvalue weighted by Crippen LogP contribution is 2.43. The second-order valence-electron chi connectivity index (χ2n) is 8.07. The zero-order chi connectivity index (χ0) is 25.2. The van der Waals surface area contributed by atoms with Gasteiger partial charge < -0.3 is 9.84 Å². The first-order valence-corrected chi connectivity index (χ1v) is 10.9. The molecule has 3 aromatic rings. The number of alkyl halides is 3. The number of anilines is 1. The number of methoxy groups -OCH3 is 1. The highest BCUT2D eigenvalue weighted by atomic mass is 19.4. The van der Waals surface area contributed by atoms with E-state index < -0.39 is 35.2 Å². The first kappa shape index (κ1) is 24.1. The van der Waals surface area contributed by atoms with Crippen molar-refractivity contribution in [1.82, 2.24) is 0 Å². The molecular formula is C27H22F3NO4. The Morgan fingerprint density at radius 3 is 2.31 bits per heavy atom. The molecule has 1 N–H and O–H groups in total. The normalized spacial score (nSPS) is 16.1. The Balaban J connectivity index is 1.75. The molecule has 0 radical (unpaired) electrons. The molecule has 1 aliphatic rings. The number of carbonyl (C=O) groups is 2. The van der Waals surface area contributed by atoms with Crippen LogP contribution in [-0.2, 0) is 22.2 Å². The largest absolute Gasteiger partial charge is 0.503 e. The topological polar surface area (TPSA) is 66.8 Å². The van der Waals surface area contributed by atoms with Crippen LogP contribution in [0.15, 0.2) is 90.2 Å². The van der Waals surface area contributed by atoms with E-state index >= 15 is 0 Å². The maximum atomic E-state index is 13.4. The molecule has 0 fully saturated rings. The van der Waals surface area contributed by atoms with Gasteiger partial charge in [0.2, 0.25) is 0 Å². The first-order chi connectivity index (χ1) is 16.7. The summed E-state index contributed by atoms with van der Waals surface area (Å²) in [7, 11) is 1.48. The molecule has 1 atom stereocenters. The number of Topliss-reactive ketones (excluding diaryl/α,β-unsaturated/α-hetero) is 1. The van der Waals surface area contributed by atoms with Crippen molar-refractivity contribution in [3.8, 4) is 5.75 Å². The molecule has 180 valence electrons. The molecule has 1 aliphatic heterocycles. The molecule has 0 bridgehead atoms. The lowest BCUT2D eigenvalue weighted by atomic mass is 9.93. The average Bonchev–Trinajstić information content (AvgIpc) is 3.13. The summed E-state index contributed by atoms with van der Waals surface area (Å²) < 4.78 is 45.3. The predicted octanol–water partition coefficient (Wildman–Crippen LogP) is 5.82. The van der Waals surface area contributed by atoms with Crippen molar-refractivity contribution in [3.63, 3.8) is 0 Å². The number of halogens is 3. The van der Waals surface area contributed by atoms with E-state index in [1.165, 1.54) is 19.2 Å². The third-order valence-corrected chi connectivity index (χ3v) is 5.88. The first-order valence-electron chi connectivity index (χ1n) is 10.9. The van der Waals surface area contributed by atoms with Gasteiger partial charge in [0.25, 0.3) is 5.91 Å². The third kappa shape index (κ3) is 4.91. The van der Waals surface area contributed by atoms with E-state index in [1.54, 1.807) is 24.3 Å². The van der Waals surface area contributed by atoms with Crippen LogP contribution in [0.4, 0.5) is 18.9 Å². The molecule has 0 aliphatic carbocycles. The minimum atomic E-state index is -4.63. The monoisotopic (exact) mass is 481 g/mol. The van der Waals surface area contributed by atoms with Gasteiger partial charge in [-0.3, -0.25) is 14.5 Å². The van der Waals surface area contributed by atoms with E-state index in [4.69, 9.17) is 4.74 Å². The van der Waals surface area contributed by atoms with Crippen LogP contribution in [0.25, 0.3) is 0 Å². The number of ketones is 1. The number of aryl methyl sites for hydroxylation is 1. The summed E-state index contributed by atoms with van der Waals surface area (Å²) in [4.78, 5) is 27.4. The van der Waals surface area contributed by atoms with Crippen LogP contribution in [0.2, 0.25) is 0 Å². The van der Waals surface area contributed by atoms with Crippen LogP contribution >= 0.6 is 0 Å². The summed E-state index contributed by atoms with van der Waals surface area (Å²) in [5.74, 6) is -1.64. The van der Waals surface area contributed by atoms with Crippen molar-refractivity contribution in [2.75, 3.05) is 12.0 Å². The summed E-state index contributed by atoms with van der Waals surface area (Å²) in [6.07, 6.45) is -4.23. The molecule has 0 saturated heterocycles. The second kappa shape index (κ2) is 9.66. The minimum absolute atomic E-state index is 0.0137. The smallest absolute Gasteiger partial charge is 0.416 e. The molecule has 0 spiro atoms. The third-order valence-electron chi connectivity index (χ3n) is 5.88. The van der Waals surface area contributed by atoms with Crippen molar-refractivity contribution in [3.05, 3.63) is 107 Å². The van der Waals surface area contributed by atoms with Crippen molar-refractivity contribution < 1.29 is 32.6 Å². The van der Waals surface area contributed by atoms with Crippen molar-refractivity contribution in [1.29, 1.82) is 0 Å². The van der Waals surface area contributed by atoms with Crippen LogP contribution in [0.5, 0.6) is 5.75 Å². The summed E-state index contributed by atoms with van der Waals surface area (Å²) in [6.45, 7) is 0. The number of aliphatic hydroxyl groups is 1. The molecule has 1 amide bonds. The standard InChI is InChI=1S/C27H22F3NO4/c1-35-21-13-11-18(12-14-21)24-23(22(32)15-10-17-6-3-2-4-7-17)25(33)26(34)31(24)20-9-5-8-19(16-20)27(28,29)30/h2-9,11-14,16,24,33H,10,15H2,1H3. The average molecular weight is 481 g/mol. The van der Waals surface area contributed by atoms with E-state index in [2.05, 4.69) is 0 Å². The number of benzene rings is 3. The van der Waals surface area contributed by atoms with E-state index in [-0.39, 0.29) is 17.7 Å². The van der Waals surface area contributed by atoms with Crippen LogP contribution < -0.4 is 9.64 Å². The van der Waals surface area contributed by atoms with Gasteiger partial charge in [0.15, 0.2) is 11.5 Å². The van der Waals surface area contributed by atoms with Gasteiger partial charge in [0, 0.05) is 12.1 Å². The lowest BCUT2D eigenvalue weighted by Gasteiger charge is -2.27. The fourth-order valence-electron chi connectivity index (χ4n) is 4.13. The zero-order valence-electron chi connectivity index (χ0n) is 18.8. The van der Waals surface area contributed by atoms with Gasteiger partial charge in [-0.25, -0.2) is 0 Å². The fourth-order valence-corrected chi connectivity index (χ4v) is 4.13. The highest BCUT2D eigenvalue weighted by Gasteiger charge is 2.44. The van der Waals surface area contributed by atoms with Crippen molar-refractivity contribution >= 4 is 17.4 Å². The maximum absolute atomic E-state index is 13.4. The van der Waals surface area contributed by atoms with Gasteiger partial charge in [0.05, 0.1) is 24.3 Å². The Kier molecular flexibility index (Phi) is 6.64. The quantitative estimate of drug-likeness (QED) is 0.462. The summed E-state index contributed by atoms with van der Waals surface area (Å²) in [5.41, 5.74) is 0.181. The number of amides is 1. The van der Waals surface area contributed by atoms with Gasteiger partial charge in [-0.05, 0) is 47.9 Å². The second-order valence-corrected chi connectivity index (χ2v) is 8.07. The molecule has 8 heteroatoms.